The van der Waals surface area contributed by atoms with Crippen molar-refractivity contribution in [3.63, 3.8) is 0 Å². The molecule has 3 aliphatic rings. The highest BCUT2D eigenvalue weighted by Gasteiger charge is 2.45. The molecular weight excluding hydrogens is 598 g/mol. The zero-order valence-corrected chi connectivity index (χ0v) is 29.6. The van der Waals surface area contributed by atoms with E-state index in [1.807, 2.05) is 20.7 Å². The smallest absolute Gasteiger partial charge is 0.257 e. The van der Waals surface area contributed by atoms with Crippen LogP contribution in [0.15, 0.2) is 30.6 Å². The third kappa shape index (κ3) is 8.07. The van der Waals surface area contributed by atoms with Gasteiger partial charge in [-0.05, 0) is 78.9 Å². The van der Waals surface area contributed by atoms with E-state index in [9.17, 15) is 14.0 Å². The summed E-state index contributed by atoms with van der Waals surface area (Å²) in [4.78, 5) is 36.8. The van der Waals surface area contributed by atoms with Crippen LogP contribution in [-0.2, 0) is 4.79 Å². The summed E-state index contributed by atoms with van der Waals surface area (Å²) in [6, 6.07) is 4.18. The number of benzene rings is 1. The van der Waals surface area contributed by atoms with Gasteiger partial charge in [-0.15, -0.1) is 0 Å². The lowest BCUT2D eigenvalue weighted by Gasteiger charge is -2.46. The zero-order valence-electron chi connectivity index (χ0n) is 29.6. The monoisotopic (exact) mass is 654 g/mol. The number of hydrogen-bond donors (Lipinski definition) is 0. The summed E-state index contributed by atoms with van der Waals surface area (Å²) in [7, 11) is 0. The molecule has 1 aliphatic carbocycles. The largest absolute Gasteiger partial charge is 0.340 e. The molecule has 260 valence electrons. The van der Waals surface area contributed by atoms with Crippen LogP contribution in [0.2, 0.25) is 0 Å². The van der Waals surface area contributed by atoms with Crippen molar-refractivity contribution in [2.24, 2.45) is 11.8 Å². The lowest BCUT2D eigenvalue weighted by molar-refractivity contribution is -0.138. The molecule has 3 atom stereocenters. The fourth-order valence-electron chi connectivity index (χ4n) is 7.94. The number of nitrogens with zero attached hydrogens (tertiary/aromatic N) is 6. The number of aromatic nitrogens is 2. The predicted molar refractivity (Wildman–Crippen MR) is 181 cm³/mol. The van der Waals surface area contributed by atoms with Crippen LogP contribution in [0.4, 0.5) is 8.78 Å². The Labute approximate surface area is 280 Å². The second kappa shape index (κ2) is 14.7. The van der Waals surface area contributed by atoms with Crippen LogP contribution < -0.4 is 0 Å². The highest BCUT2D eigenvalue weighted by molar-refractivity contribution is 5.94. The van der Waals surface area contributed by atoms with Gasteiger partial charge in [0, 0.05) is 87.7 Å². The van der Waals surface area contributed by atoms with E-state index in [-0.39, 0.29) is 41.4 Å². The second-order valence-electron chi connectivity index (χ2n) is 15.6. The Balaban J connectivity index is 1.31. The number of halogens is 2. The molecule has 5 rings (SSSR count). The summed E-state index contributed by atoms with van der Waals surface area (Å²) < 4.78 is 30.7. The summed E-state index contributed by atoms with van der Waals surface area (Å²) in [6.07, 6.45) is 9.54. The quantitative estimate of drug-likeness (QED) is 0.322. The maximum Gasteiger partial charge on any atom is 0.257 e. The predicted octanol–water partition coefficient (Wildman–Crippen LogP) is 6.20. The Kier molecular flexibility index (Phi) is 11.1. The number of hydrogen-bond acceptors (Lipinski definition) is 5. The van der Waals surface area contributed by atoms with E-state index >= 15 is 4.39 Å². The first-order valence-electron chi connectivity index (χ1n) is 17.8. The number of carbonyl (C=O) groups excluding carboxylic acids is 2. The number of amides is 2. The molecule has 0 spiro atoms. The summed E-state index contributed by atoms with van der Waals surface area (Å²) in [5, 5.41) is 4.43. The lowest BCUT2D eigenvalue weighted by atomic mass is 9.82. The fraction of sp³-hybridized carbons (Fsp3) is 0.703. The van der Waals surface area contributed by atoms with Gasteiger partial charge < -0.3 is 9.80 Å². The molecule has 0 bridgehead atoms. The number of carbonyl (C=O) groups is 2. The fourth-order valence-corrected chi connectivity index (χ4v) is 7.94. The molecule has 2 aliphatic heterocycles. The maximum absolute atomic E-state index is 15.1. The Morgan fingerprint density at radius 2 is 1.66 bits per heavy atom. The van der Waals surface area contributed by atoms with Gasteiger partial charge in [0.15, 0.2) is 0 Å². The molecule has 2 unspecified atom stereocenters. The zero-order chi connectivity index (χ0) is 34.0. The van der Waals surface area contributed by atoms with Crippen molar-refractivity contribution in [3.8, 4) is 0 Å². The van der Waals surface area contributed by atoms with Crippen molar-refractivity contribution in [2.75, 3.05) is 45.8 Å². The van der Waals surface area contributed by atoms with E-state index in [4.69, 9.17) is 0 Å². The average Bonchev–Trinajstić information content (AvgIpc) is 3.70. The SMILES string of the molecule is CC(C)N(CC(C1CCCCC1)N1CCN(C(=O)C2CN(C(C)(C)C)C[C@H]2c2ccc(F)cc2F)CC1)C(=O)c1cnn(C(C)C)c1. The summed E-state index contributed by atoms with van der Waals surface area (Å²) >= 11 is 0. The molecular formula is C37H56F2N6O2. The molecule has 2 saturated heterocycles. The normalized spacial score (nSPS) is 22.7. The van der Waals surface area contributed by atoms with E-state index in [2.05, 4.69) is 63.4 Å². The van der Waals surface area contributed by atoms with Crippen molar-refractivity contribution >= 4 is 11.8 Å². The van der Waals surface area contributed by atoms with Gasteiger partial charge in [0.05, 0.1) is 17.7 Å². The molecule has 2 amide bonds. The Hall–Kier alpha value is -2.85. The van der Waals surface area contributed by atoms with Crippen LogP contribution in [0.3, 0.4) is 0 Å². The average molecular weight is 655 g/mol. The first-order valence-corrected chi connectivity index (χ1v) is 17.8. The number of piperazine rings is 1. The van der Waals surface area contributed by atoms with Gasteiger partial charge >= 0.3 is 0 Å². The third-order valence-electron chi connectivity index (χ3n) is 10.9. The molecule has 1 aromatic carbocycles. The topological polar surface area (TPSA) is 64.9 Å². The molecule has 1 saturated carbocycles. The Bertz CT molecular complexity index is 1370. The van der Waals surface area contributed by atoms with Crippen LogP contribution in [0, 0.1) is 23.5 Å². The first kappa shape index (κ1) is 35.5. The van der Waals surface area contributed by atoms with Gasteiger partial charge in [0.1, 0.15) is 11.6 Å². The van der Waals surface area contributed by atoms with Gasteiger partial charge in [0.25, 0.3) is 5.91 Å². The Morgan fingerprint density at radius 1 is 0.979 bits per heavy atom. The van der Waals surface area contributed by atoms with Gasteiger partial charge in [-0.25, -0.2) is 8.78 Å². The first-order chi connectivity index (χ1) is 22.2. The van der Waals surface area contributed by atoms with Crippen LogP contribution in [0.25, 0.3) is 0 Å². The van der Waals surface area contributed by atoms with Crippen LogP contribution >= 0.6 is 0 Å². The summed E-state index contributed by atoms with van der Waals surface area (Å²) in [5.74, 6) is -1.34. The maximum atomic E-state index is 15.1. The van der Waals surface area contributed by atoms with Crippen molar-refractivity contribution in [1.29, 1.82) is 0 Å². The van der Waals surface area contributed by atoms with E-state index in [0.717, 1.165) is 32.0 Å². The van der Waals surface area contributed by atoms with E-state index in [1.165, 1.54) is 31.4 Å². The van der Waals surface area contributed by atoms with Crippen molar-refractivity contribution in [2.45, 2.75) is 110 Å². The molecule has 8 nitrogen and oxygen atoms in total. The van der Waals surface area contributed by atoms with Crippen LogP contribution in [0.5, 0.6) is 0 Å². The molecule has 2 aromatic rings. The van der Waals surface area contributed by atoms with Crippen molar-refractivity contribution < 1.29 is 18.4 Å². The van der Waals surface area contributed by atoms with Crippen molar-refractivity contribution in [1.82, 2.24) is 29.4 Å². The van der Waals surface area contributed by atoms with Gasteiger partial charge in [-0.3, -0.25) is 24.1 Å². The molecule has 0 N–H and O–H groups in total. The van der Waals surface area contributed by atoms with E-state index in [1.54, 1.807) is 6.20 Å². The number of rotatable bonds is 9. The molecule has 47 heavy (non-hydrogen) atoms. The number of likely N-dealkylation sites (tertiary alicyclic amines) is 1. The van der Waals surface area contributed by atoms with Crippen molar-refractivity contribution in [3.05, 3.63) is 53.4 Å². The molecule has 3 fully saturated rings. The van der Waals surface area contributed by atoms with Gasteiger partial charge in [-0.1, -0.05) is 25.3 Å². The van der Waals surface area contributed by atoms with Crippen LogP contribution in [0.1, 0.15) is 108 Å². The molecule has 1 aromatic heterocycles. The minimum absolute atomic E-state index is 0.0187. The highest BCUT2D eigenvalue weighted by atomic mass is 19.1. The minimum Gasteiger partial charge on any atom is -0.340 e. The summed E-state index contributed by atoms with van der Waals surface area (Å²) in [6.45, 7) is 19.1. The highest BCUT2D eigenvalue weighted by Crippen LogP contribution is 2.39. The molecule has 3 heterocycles. The van der Waals surface area contributed by atoms with Crippen LogP contribution in [-0.4, -0.2) is 105 Å². The second-order valence-corrected chi connectivity index (χ2v) is 15.6. The van der Waals surface area contributed by atoms with Gasteiger partial charge in [-0.2, -0.15) is 5.10 Å². The molecule has 10 heteroatoms. The lowest BCUT2D eigenvalue weighted by Crippen LogP contribution is -2.58. The van der Waals surface area contributed by atoms with E-state index < -0.39 is 17.6 Å². The standard InChI is InChI=1S/C37H56F2N6O2/c1-25(2)44(35(46)28-20-40-45(21-28)26(3)4)24-34(27-11-9-8-10-12-27)41-15-17-42(18-16-41)36(47)32-23-43(37(5,6)7)22-31(32)30-14-13-29(38)19-33(30)39/h13-14,19-21,25-27,31-32,34H,8-12,15-18,22-24H2,1-7H3/t31-,32?,34?/m0/s1. The van der Waals surface area contributed by atoms with Gasteiger partial charge in [0.2, 0.25) is 5.91 Å². The Morgan fingerprint density at radius 3 is 2.23 bits per heavy atom. The van der Waals surface area contributed by atoms with E-state index in [0.29, 0.717) is 49.8 Å². The molecule has 0 radical (unpaired) electrons. The summed E-state index contributed by atoms with van der Waals surface area (Å²) in [5.41, 5.74) is 0.867. The minimum atomic E-state index is -0.605. The third-order valence-corrected chi connectivity index (χ3v) is 10.9.